The number of anilines is 1. The van der Waals surface area contributed by atoms with E-state index in [1.54, 1.807) is 12.1 Å². The molecule has 1 N–H and O–H groups in total. The standard InChI is InChI=1S/C17H17FN4/c1-11-21-16-5-3-2-4-14(16)17(22-11)20-10-13-7-6-12(9-19)8-15(13)18/h6-8H,2-5,10H2,1H3,(H,20,21,22). The number of aromatic nitrogens is 2. The van der Waals surface area contributed by atoms with Crippen molar-refractivity contribution in [1.29, 1.82) is 5.26 Å². The lowest BCUT2D eigenvalue weighted by atomic mass is 9.96. The zero-order chi connectivity index (χ0) is 15.5. The Kier molecular flexibility index (Phi) is 4.01. The van der Waals surface area contributed by atoms with E-state index >= 15 is 0 Å². The second kappa shape index (κ2) is 6.10. The lowest BCUT2D eigenvalue weighted by molar-refractivity contribution is 0.612. The summed E-state index contributed by atoms with van der Waals surface area (Å²) in [5, 5.41) is 12.0. The number of hydrogen-bond acceptors (Lipinski definition) is 4. The molecule has 0 aliphatic heterocycles. The molecule has 0 atom stereocenters. The molecule has 22 heavy (non-hydrogen) atoms. The number of fused-ring (bicyclic) bond motifs is 1. The van der Waals surface area contributed by atoms with Crippen LogP contribution >= 0.6 is 0 Å². The topological polar surface area (TPSA) is 61.6 Å². The van der Waals surface area contributed by atoms with Crippen molar-refractivity contribution in [3.8, 4) is 6.07 Å². The fourth-order valence-electron chi connectivity index (χ4n) is 2.80. The smallest absolute Gasteiger partial charge is 0.133 e. The second-order valence-corrected chi connectivity index (χ2v) is 5.52. The average Bonchev–Trinajstić information content (AvgIpc) is 2.53. The summed E-state index contributed by atoms with van der Waals surface area (Å²) < 4.78 is 13.9. The van der Waals surface area contributed by atoms with Crippen molar-refractivity contribution in [3.05, 3.63) is 52.2 Å². The Balaban J connectivity index is 1.82. The van der Waals surface area contributed by atoms with Crippen LogP contribution in [0.3, 0.4) is 0 Å². The summed E-state index contributed by atoms with van der Waals surface area (Å²) in [4.78, 5) is 8.98. The van der Waals surface area contributed by atoms with E-state index in [0.717, 1.165) is 48.6 Å². The van der Waals surface area contributed by atoms with Crippen LogP contribution < -0.4 is 5.32 Å². The van der Waals surface area contributed by atoms with Gasteiger partial charge in [-0.15, -0.1) is 0 Å². The molecule has 1 heterocycles. The van der Waals surface area contributed by atoms with Crippen LogP contribution in [0.1, 0.15) is 41.1 Å². The number of hydrogen-bond donors (Lipinski definition) is 1. The molecule has 2 aromatic rings. The van der Waals surface area contributed by atoms with Gasteiger partial charge in [0.2, 0.25) is 0 Å². The molecule has 1 aromatic heterocycles. The molecule has 0 saturated carbocycles. The average molecular weight is 296 g/mol. The summed E-state index contributed by atoms with van der Waals surface area (Å²) in [7, 11) is 0. The lowest BCUT2D eigenvalue weighted by Crippen LogP contribution is -2.14. The lowest BCUT2D eigenvalue weighted by Gasteiger charge is -2.19. The zero-order valence-electron chi connectivity index (χ0n) is 12.5. The molecule has 5 heteroatoms. The minimum Gasteiger partial charge on any atom is -0.366 e. The molecule has 0 spiro atoms. The Morgan fingerprint density at radius 3 is 2.86 bits per heavy atom. The Morgan fingerprint density at radius 2 is 2.09 bits per heavy atom. The van der Waals surface area contributed by atoms with Gasteiger partial charge in [-0.25, -0.2) is 14.4 Å². The normalized spacial score (nSPS) is 13.3. The molecule has 0 unspecified atom stereocenters. The van der Waals surface area contributed by atoms with Crippen LogP contribution in [0.2, 0.25) is 0 Å². The van der Waals surface area contributed by atoms with Crippen molar-refractivity contribution < 1.29 is 4.39 Å². The van der Waals surface area contributed by atoms with Gasteiger partial charge in [0.1, 0.15) is 17.5 Å². The SMILES string of the molecule is Cc1nc2c(c(NCc3ccc(C#N)cc3F)n1)CCCC2. The van der Waals surface area contributed by atoms with Crippen LogP contribution in [0.5, 0.6) is 0 Å². The number of aryl methyl sites for hydroxylation is 2. The van der Waals surface area contributed by atoms with Gasteiger partial charge in [-0.3, -0.25) is 0 Å². The quantitative estimate of drug-likeness (QED) is 0.944. The maximum Gasteiger partial charge on any atom is 0.133 e. The molecule has 0 amide bonds. The molecule has 0 saturated heterocycles. The highest BCUT2D eigenvalue weighted by molar-refractivity contribution is 5.48. The molecule has 3 rings (SSSR count). The van der Waals surface area contributed by atoms with Gasteiger partial charge < -0.3 is 5.32 Å². The maximum atomic E-state index is 13.9. The monoisotopic (exact) mass is 296 g/mol. The molecular formula is C17H17FN4. The predicted octanol–water partition coefficient (Wildman–Crippen LogP) is 3.29. The minimum absolute atomic E-state index is 0.330. The summed E-state index contributed by atoms with van der Waals surface area (Å²) in [5.74, 6) is 1.18. The van der Waals surface area contributed by atoms with Crippen molar-refractivity contribution in [2.45, 2.75) is 39.2 Å². The third-order valence-corrected chi connectivity index (χ3v) is 3.92. The fourth-order valence-corrected chi connectivity index (χ4v) is 2.80. The first-order valence-electron chi connectivity index (χ1n) is 7.46. The largest absolute Gasteiger partial charge is 0.366 e. The molecule has 4 nitrogen and oxygen atoms in total. The van der Waals surface area contributed by atoms with Gasteiger partial charge in [-0.1, -0.05) is 6.07 Å². The number of halogens is 1. The van der Waals surface area contributed by atoms with Gasteiger partial charge in [0.15, 0.2) is 0 Å². The van der Waals surface area contributed by atoms with Crippen molar-refractivity contribution in [1.82, 2.24) is 9.97 Å². The minimum atomic E-state index is -0.369. The Bertz CT molecular complexity index is 749. The summed E-state index contributed by atoms with van der Waals surface area (Å²) in [5.41, 5.74) is 3.13. The van der Waals surface area contributed by atoms with E-state index < -0.39 is 0 Å². The van der Waals surface area contributed by atoms with E-state index in [-0.39, 0.29) is 5.82 Å². The first-order chi connectivity index (χ1) is 10.7. The maximum absolute atomic E-state index is 13.9. The van der Waals surface area contributed by atoms with Crippen LogP contribution in [-0.2, 0) is 19.4 Å². The van der Waals surface area contributed by atoms with Crippen molar-refractivity contribution in [2.24, 2.45) is 0 Å². The third-order valence-electron chi connectivity index (χ3n) is 3.92. The molecule has 0 fully saturated rings. The Labute approximate surface area is 129 Å². The Hall–Kier alpha value is -2.48. The van der Waals surface area contributed by atoms with Crippen LogP contribution in [0.4, 0.5) is 10.2 Å². The number of nitrogens with zero attached hydrogens (tertiary/aromatic N) is 3. The van der Waals surface area contributed by atoms with Crippen molar-refractivity contribution in [3.63, 3.8) is 0 Å². The first-order valence-corrected chi connectivity index (χ1v) is 7.46. The van der Waals surface area contributed by atoms with Gasteiger partial charge >= 0.3 is 0 Å². The fraction of sp³-hybridized carbons (Fsp3) is 0.353. The molecule has 1 aliphatic rings. The third kappa shape index (κ3) is 2.91. The highest BCUT2D eigenvalue weighted by Crippen LogP contribution is 2.26. The van der Waals surface area contributed by atoms with Crippen molar-refractivity contribution in [2.75, 3.05) is 5.32 Å². The first kappa shape index (κ1) is 14.5. The van der Waals surface area contributed by atoms with Gasteiger partial charge in [-0.05, 0) is 44.7 Å². The van der Waals surface area contributed by atoms with Gasteiger partial charge in [0.05, 0.1) is 11.6 Å². The molecule has 1 aromatic carbocycles. The molecule has 0 bridgehead atoms. The van der Waals surface area contributed by atoms with E-state index in [4.69, 9.17) is 5.26 Å². The predicted molar refractivity (Wildman–Crippen MR) is 81.9 cm³/mol. The summed E-state index contributed by atoms with van der Waals surface area (Å²) in [6.45, 7) is 2.22. The second-order valence-electron chi connectivity index (χ2n) is 5.52. The van der Waals surface area contributed by atoms with E-state index in [2.05, 4.69) is 15.3 Å². The number of nitrogens with one attached hydrogen (secondary N) is 1. The van der Waals surface area contributed by atoms with Gasteiger partial charge in [0, 0.05) is 23.4 Å². The summed E-state index contributed by atoms with van der Waals surface area (Å²) in [6.07, 6.45) is 4.25. The molecular weight excluding hydrogens is 279 g/mol. The van der Waals surface area contributed by atoms with Gasteiger partial charge in [0.25, 0.3) is 0 Å². The zero-order valence-corrected chi connectivity index (χ0v) is 12.5. The number of nitriles is 1. The number of benzene rings is 1. The summed E-state index contributed by atoms with van der Waals surface area (Å²) >= 11 is 0. The van der Waals surface area contributed by atoms with E-state index in [1.807, 2.05) is 13.0 Å². The van der Waals surface area contributed by atoms with Crippen LogP contribution in [0.25, 0.3) is 0 Å². The summed E-state index contributed by atoms with van der Waals surface area (Å²) in [6, 6.07) is 6.46. The Morgan fingerprint density at radius 1 is 1.27 bits per heavy atom. The van der Waals surface area contributed by atoms with Crippen molar-refractivity contribution >= 4 is 5.82 Å². The van der Waals surface area contributed by atoms with E-state index in [0.29, 0.717) is 17.7 Å². The molecule has 112 valence electrons. The number of rotatable bonds is 3. The molecule has 0 radical (unpaired) electrons. The van der Waals surface area contributed by atoms with Gasteiger partial charge in [-0.2, -0.15) is 5.26 Å². The van der Waals surface area contributed by atoms with E-state index in [9.17, 15) is 4.39 Å². The highest BCUT2D eigenvalue weighted by Gasteiger charge is 2.17. The van der Waals surface area contributed by atoms with Crippen LogP contribution in [0, 0.1) is 24.1 Å². The van der Waals surface area contributed by atoms with Crippen LogP contribution in [-0.4, -0.2) is 9.97 Å². The van der Waals surface area contributed by atoms with E-state index in [1.165, 1.54) is 6.07 Å². The highest BCUT2D eigenvalue weighted by atomic mass is 19.1. The van der Waals surface area contributed by atoms with Crippen LogP contribution in [0.15, 0.2) is 18.2 Å². The molecule has 1 aliphatic carbocycles.